The molecule has 2 atom stereocenters. The Kier molecular flexibility index (Phi) is 3.49. The monoisotopic (exact) mass is 221 g/mol. The van der Waals surface area contributed by atoms with E-state index in [1.165, 1.54) is 13.8 Å². The van der Waals surface area contributed by atoms with Crippen molar-refractivity contribution in [1.82, 2.24) is 5.32 Å². The summed E-state index contributed by atoms with van der Waals surface area (Å²) in [6.07, 6.45) is -0.986. The summed E-state index contributed by atoms with van der Waals surface area (Å²) in [5, 5.41) is 22.3. The SMILES string of the molecule is CC(C)(O)OC(O)C1NCSC1(C)C. The summed E-state index contributed by atoms with van der Waals surface area (Å²) in [7, 11) is 0. The average molecular weight is 221 g/mol. The highest BCUT2D eigenvalue weighted by Crippen LogP contribution is 2.35. The molecular formula is C9H19NO3S. The van der Waals surface area contributed by atoms with Crippen LogP contribution in [0.4, 0.5) is 0 Å². The third-order valence-electron chi connectivity index (χ3n) is 2.19. The number of ether oxygens (including phenoxy) is 1. The number of hydrogen-bond donors (Lipinski definition) is 3. The molecule has 0 radical (unpaired) electrons. The summed E-state index contributed by atoms with van der Waals surface area (Å²) in [4.78, 5) is 0. The summed E-state index contributed by atoms with van der Waals surface area (Å²) in [5.74, 6) is -0.506. The maximum absolute atomic E-state index is 9.76. The fourth-order valence-corrected chi connectivity index (χ4v) is 2.47. The Morgan fingerprint density at radius 3 is 2.50 bits per heavy atom. The second-order valence-electron chi connectivity index (χ2n) is 4.53. The van der Waals surface area contributed by atoms with Gasteiger partial charge in [-0.25, -0.2) is 0 Å². The van der Waals surface area contributed by atoms with Crippen molar-refractivity contribution < 1.29 is 14.9 Å². The van der Waals surface area contributed by atoms with E-state index < -0.39 is 12.1 Å². The Morgan fingerprint density at radius 1 is 1.57 bits per heavy atom. The molecule has 1 heterocycles. The minimum absolute atomic E-state index is 0.0787. The highest BCUT2D eigenvalue weighted by Gasteiger charge is 2.41. The van der Waals surface area contributed by atoms with Gasteiger partial charge in [0.15, 0.2) is 12.1 Å². The van der Waals surface area contributed by atoms with E-state index in [1.807, 2.05) is 13.8 Å². The van der Waals surface area contributed by atoms with Gasteiger partial charge in [0.2, 0.25) is 0 Å². The molecule has 1 rings (SSSR count). The lowest BCUT2D eigenvalue weighted by Crippen LogP contribution is -2.50. The fraction of sp³-hybridized carbons (Fsp3) is 1.00. The van der Waals surface area contributed by atoms with Gasteiger partial charge in [0.05, 0.1) is 6.04 Å². The van der Waals surface area contributed by atoms with Gasteiger partial charge in [-0.3, -0.25) is 5.32 Å². The van der Waals surface area contributed by atoms with Crippen LogP contribution in [0.25, 0.3) is 0 Å². The zero-order valence-corrected chi connectivity index (χ0v) is 9.89. The number of nitrogens with one attached hydrogen (secondary N) is 1. The first-order valence-corrected chi connectivity index (χ1v) is 5.66. The van der Waals surface area contributed by atoms with Crippen molar-refractivity contribution in [3.05, 3.63) is 0 Å². The normalized spacial score (nSPS) is 29.1. The van der Waals surface area contributed by atoms with Crippen molar-refractivity contribution in [1.29, 1.82) is 0 Å². The molecule has 0 spiro atoms. The number of aliphatic hydroxyl groups is 2. The summed E-state index contributed by atoms with van der Waals surface area (Å²) < 4.78 is 5.01. The summed E-state index contributed by atoms with van der Waals surface area (Å²) >= 11 is 1.73. The highest BCUT2D eigenvalue weighted by molar-refractivity contribution is 8.00. The highest BCUT2D eigenvalue weighted by atomic mass is 32.2. The molecule has 1 aliphatic rings. The van der Waals surface area contributed by atoms with Gasteiger partial charge >= 0.3 is 0 Å². The van der Waals surface area contributed by atoms with Crippen molar-refractivity contribution in [3.8, 4) is 0 Å². The van der Waals surface area contributed by atoms with Gasteiger partial charge in [-0.1, -0.05) is 0 Å². The molecule has 0 amide bonds. The molecule has 1 aliphatic heterocycles. The molecule has 1 fully saturated rings. The molecule has 1 saturated heterocycles. The van der Waals surface area contributed by atoms with Crippen molar-refractivity contribution in [2.45, 2.75) is 50.6 Å². The van der Waals surface area contributed by atoms with Crippen LogP contribution in [-0.4, -0.2) is 39.0 Å². The second kappa shape index (κ2) is 3.98. The van der Waals surface area contributed by atoms with E-state index in [9.17, 15) is 10.2 Å². The van der Waals surface area contributed by atoms with Gasteiger partial charge in [-0.05, 0) is 27.7 Å². The predicted molar refractivity (Wildman–Crippen MR) is 56.9 cm³/mol. The lowest BCUT2D eigenvalue weighted by atomic mass is 10.0. The largest absolute Gasteiger partial charge is 0.366 e. The summed E-state index contributed by atoms with van der Waals surface area (Å²) in [6.45, 7) is 7.09. The van der Waals surface area contributed by atoms with Crippen LogP contribution < -0.4 is 5.32 Å². The first kappa shape index (κ1) is 12.3. The van der Waals surface area contributed by atoms with E-state index in [4.69, 9.17) is 4.74 Å². The van der Waals surface area contributed by atoms with Crippen LogP contribution in [0, 0.1) is 0 Å². The van der Waals surface area contributed by atoms with Crippen LogP contribution >= 0.6 is 11.8 Å². The van der Waals surface area contributed by atoms with E-state index in [1.54, 1.807) is 11.8 Å². The quantitative estimate of drug-likeness (QED) is 0.606. The number of thioether (sulfide) groups is 1. The second-order valence-corrected chi connectivity index (χ2v) is 6.16. The van der Waals surface area contributed by atoms with Crippen LogP contribution in [0.15, 0.2) is 0 Å². The molecule has 4 nitrogen and oxygen atoms in total. The maximum Gasteiger partial charge on any atom is 0.174 e. The van der Waals surface area contributed by atoms with Gasteiger partial charge in [0.25, 0.3) is 0 Å². The Morgan fingerprint density at radius 2 is 2.14 bits per heavy atom. The minimum Gasteiger partial charge on any atom is -0.366 e. The molecule has 0 bridgehead atoms. The van der Waals surface area contributed by atoms with Crippen LogP contribution in [0.2, 0.25) is 0 Å². The molecule has 0 aromatic rings. The lowest BCUT2D eigenvalue weighted by Gasteiger charge is -2.32. The zero-order chi connectivity index (χ0) is 11.0. The van der Waals surface area contributed by atoms with Crippen molar-refractivity contribution in [2.24, 2.45) is 0 Å². The molecule has 0 aromatic heterocycles. The van der Waals surface area contributed by atoms with Crippen LogP contribution in [0.3, 0.4) is 0 Å². The van der Waals surface area contributed by atoms with Crippen LogP contribution in [0.5, 0.6) is 0 Å². The van der Waals surface area contributed by atoms with Gasteiger partial charge < -0.3 is 14.9 Å². The van der Waals surface area contributed by atoms with Crippen LogP contribution in [0.1, 0.15) is 27.7 Å². The summed E-state index contributed by atoms with van der Waals surface area (Å²) in [5.41, 5.74) is 0. The smallest absolute Gasteiger partial charge is 0.174 e. The lowest BCUT2D eigenvalue weighted by molar-refractivity contribution is -0.268. The molecule has 14 heavy (non-hydrogen) atoms. The molecule has 0 aliphatic carbocycles. The van der Waals surface area contributed by atoms with Gasteiger partial charge in [0.1, 0.15) is 0 Å². The third kappa shape index (κ3) is 3.10. The first-order valence-electron chi connectivity index (χ1n) is 4.68. The maximum atomic E-state index is 9.76. The molecule has 5 heteroatoms. The zero-order valence-electron chi connectivity index (χ0n) is 9.07. The fourth-order valence-electron chi connectivity index (χ4n) is 1.46. The molecule has 0 aromatic carbocycles. The minimum atomic E-state index is -1.30. The van der Waals surface area contributed by atoms with E-state index in [2.05, 4.69) is 5.32 Å². The predicted octanol–water partition coefficient (Wildman–Crippen LogP) is 0.491. The molecule has 2 unspecified atom stereocenters. The number of aliphatic hydroxyl groups excluding tert-OH is 1. The van der Waals surface area contributed by atoms with E-state index in [-0.39, 0.29) is 10.8 Å². The topological polar surface area (TPSA) is 61.7 Å². The van der Waals surface area contributed by atoms with Crippen molar-refractivity contribution in [3.63, 3.8) is 0 Å². The van der Waals surface area contributed by atoms with Gasteiger partial charge in [-0.15, -0.1) is 11.8 Å². The number of hydrogen-bond acceptors (Lipinski definition) is 5. The Labute approximate surface area is 89.0 Å². The van der Waals surface area contributed by atoms with Gasteiger partial charge in [-0.2, -0.15) is 0 Å². The Balaban J connectivity index is 2.57. The Hall–Kier alpha value is 0.190. The molecule has 0 saturated carbocycles. The Bertz CT molecular complexity index is 203. The molecular weight excluding hydrogens is 202 g/mol. The molecule has 3 N–H and O–H groups in total. The van der Waals surface area contributed by atoms with Crippen LogP contribution in [-0.2, 0) is 4.74 Å². The van der Waals surface area contributed by atoms with E-state index in [0.717, 1.165) is 5.88 Å². The van der Waals surface area contributed by atoms with E-state index in [0.29, 0.717) is 0 Å². The van der Waals surface area contributed by atoms with Crippen molar-refractivity contribution in [2.75, 3.05) is 5.88 Å². The third-order valence-corrected chi connectivity index (χ3v) is 3.50. The molecule has 84 valence electrons. The average Bonchev–Trinajstić information content (AvgIpc) is 2.25. The first-order chi connectivity index (χ1) is 6.22. The number of rotatable bonds is 3. The van der Waals surface area contributed by atoms with Gasteiger partial charge in [0, 0.05) is 10.6 Å². The van der Waals surface area contributed by atoms with E-state index >= 15 is 0 Å². The van der Waals surface area contributed by atoms with Crippen molar-refractivity contribution >= 4 is 11.8 Å². The summed E-state index contributed by atoms with van der Waals surface area (Å²) in [6, 6.07) is -0.154. The standard InChI is InChI=1S/C9H19NO3S/c1-8(2)6(10-5-14-8)7(11)13-9(3,4)12/h6-7,10-12H,5H2,1-4H3.